The molecule has 1 aliphatic heterocycles. The van der Waals surface area contributed by atoms with E-state index in [0.717, 1.165) is 40.2 Å². The van der Waals surface area contributed by atoms with Crippen LogP contribution >= 0.6 is 11.6 Å². The molecule has 2 nitrogen and oxygen atoms in total. The molecule has 0 bridgehead atoms. The molecule has 3 rings (SSSR count). The highest BCUT2D eigenvalue weighted by atomic mass is 35.5. The first-order valence-corrected chi connectivity index (χ1v) is 6.20. The van der Waals surface area contributed by atoms with Crippen LogP contribution in [0.2, 0.25) is 5.02 Å². The quantitative estimate of drug-likeness (QED) is 0.710. The second-order valence-corrected chi connectivity index (χ2v) is 5.01. The summed E-state index contributed by atoms with van der Waals surface area (Å²) in [5.41, 5.74) is 5.58. The average Bonchev–Trinajstić information content (AvgIpc) is 2.28. The molecule has 3 heteroatoms. The van der Waals surface area contributed by atoms with Crippen LogP contribution in [0.15, 0.2) is 12.1 Å². The summed E-state index contributed by atoms with van der Waals surface area (Å²) in [6.07, 6.45) is 0.859. The average molecular weight is 248 g/mol. The minimum Gasteiger partial charge on any atom is -0.376 e. The van der Waals surface area contributed by atoms with Crippen LogP contribution in [0.1, 0.15) is 22.4 Å². The van der Waals surface area contributed by atoms with Gasteiger partial charge in [-0.25, -0.2) is 0 Å². The van der Waals surface area contributed by atoms with Crippen molar-refractivity contribution < 1.29 is 4.74 Å². The second kappa shape index (κ2) is 3.97. The van der Waals surface area contributed by atoms with Gasteiger partial charge in [-0.1, -0.05) is 17.7 Å². The van der Waals surface area contributed by atoms with Gasteiger partial charge in [-0.05, 0) is 31.0 Å². The van der Waals surface area contributed by atoms with Gasteiger partial charge in [-0.15, -0.1) is 0 Å². The molecule has 1 aromatic carbocycles. The van der Waals surface area contributed by atoms with Crippen LogP contribution in [0.3, 0.4) is 0 Å². The Labute approximate surface area is 106 Å². The highest BCUT2D eigenvalue weighted by molar-refractivity contribution is 6.36. The van der Waals surface area contributed by atoms with Crippen molar-refractivity contribution in [2.24, 2.45) is 0 Å². The number of rotatable bonds is 0. The maximum atomic E-state index is 6.50. The lowest BCUT2D eigenvalue weighted by Gasteiger charge is -2.19. The monoisotopic (exact) mass is 247 g/mol. The van der Waals surface area contributed by atoms with E-state index in [0.29, 0.717) is 6.61 Å². The summed E-state index contributed by atoms with van der Waals surface area (Å²) in [7, 11) is 0. The Morgan fingerprint density at radius 3 is 2.94 bits per heavy atom. The largest absolute Gasteiger partial charge is 0.376 e. The van der Waals surface area contributed by atoms with Crippen LogP contribution in [0.5, 0.6) is 0 Å². The second-order valence-electron chi connectivity index (χ2n) is 4.63. The molecule has 17 heavy (non-hydrogen) atoms. The summed E-state index contributed by atoms with van der Waals surface area (Å²) in [4.78, 5) is 4.73. The van der Waals surface area contributed by atoms with Crippen LogP contribution in [0.25, 0.3) is 10.9 Å². The topological polar surface area (TPSA) is 22.1 Å². The van der Waals surface area contributed by atoms with Gasteiger partial charge in [-0.2, -0.15) is 0 Å². The molecule has 0 radical (unpaired) electrons. The lowest BCUT2D eigenvalue weighted by molar-refractivity contribution is 0.109. The lowest BCUT2D eigenvalue weighted by Crippen LogP contribution is -2.12. The van der Waals surface area contributed by atoms with Crippen LogP contribution in [0.4, 0.5) is 0 Å². The molecule has 2 aromatic rings. The molecule has 0 amide bonds. The molecule has 2 heterocycles. The number of aromatic nitrogens is 1. The van der Waals surface area contributed by atoms with Crippen molar-refractivity contribution in [3.05, 3.63) is 39.5 Å². The number of nitrogens with zero attached hydrogens (tertiary/aromatic N) is 1. The number of hydrogen-bond donors (Lipinski definition) is 0. The summed E-state index contributed by atoms with van der Waals surface area (Å²) < 4.78 is 5.46. The van der Waals surface area contributed by atoms with Gasteiger partial charge in [0.15, 0.2) is 0 Å². The van der Waals surface area contributed by atoms with Crippen molar-refractivity contribution in [1.82, 2.24) is 4.98 Å². The fourth-order valence-electron chi connectivity index (χ4n) is 2.51. The zero-order valence-corrected chi connectivity index (χ0v) is 10.8. The van der Waals surface area contributed by atoms with Crippen molar-refractivity contribution in [3.63, 3.8) is 0 Å². The molecule has 1 aliphatic rings. The summed E-state index contributed by atoms with van der Waals surface area (Å²) in [5.74, 6) is 0. The molecule has 0 saturated heterocycles. The lowest BCUT2D eigenvalue weighted by atomic mass is 10.0. The van der Waals surface area contributed by atoms with Gasteiger partial charge >= 0.3 is 0 Å². The highest BCUT2D eigenvalue weighted by Gasteiger charge is 2.18. The number of aryl methyl sites for hydroxylation is 2. The fourth-order valence-corrected chi connectivity index (χ4v) is 2.92. The summed E-state index contributed by atoms with van der Waals surface area (Å²) >= 11 is 6.50. The Morgan fingerprint density at radius 1 is 1.29 bits per heavy atom. The van der Waals surface area contributed by atoms with E-state index in [1.54, 1.807) is 0 Å². The predicted octanol–water partition coefficient (Wildman–Crippen LogP) is 3.58. The van der Waals surface area contributed by atoms with E-state index in [1.807, 2.05) is 0 Å². The van der Waals surface area contributed by atoms with Crippen LogP contribution < -0.4 is 0 Å². The summed E-state index contributed by atoms with van der Waals surface area (Å²) in [5, 5.41) is 1.89. The number of benzene rings is 1. The number of hydrogen-bond acceptors (Lipinski definition) is 2. The first kappa shape index (κ1) is 11.0. The number of halogens is 1. The van der Waals surface area contributed by atoms with E-state index in [4.69, 9.17) is 21.3 Å². The molecule has 0 N–H and O–H groups in total. The molecule has 0 aliphatic carbocycles. The van der Waals surface area contributed by atoms with Crippen LogP contribution in [0, 0.1) is 13.8 Å². The SMILES string of the molecule is Cc1cc(C)c2c(Cl)c3c(nc2c1)CCOC3. The van der Waals surface area contributed by atoms with Crippen molar-refractivity contribution in [2.75, 3.05) is 6.61 Å². The van der Waals surface area contributed by atoms with E-state index in [2.05, 4.69) is 26.0 Å². The van der Waals surface area contributed by atoms with Crippen LogP contribution in [-0.4, -0.2) is 11.6 Å². The number of pyridine rings is 1. The van der Waals surface area contributed by atoms with Gasteiger partial charge in [0.25, 0.3) is 0 Å². The van der Waals surface area contributed by atoms with Crippen LogP contribution in [-0.2, 0) is 17.8 Å². The molecule has 0 spiro atoms. The predicted molar refractivity (Wildman–Crippen MR) is 69.6 cm³/mol. The molecule has 0 fully saturated rings. The Hall–Kier alpha value is -1.12. The normalized spacial score (nSPS) is 15.0. The number of ether oxygens (including phenoxy) is 1. The Kier molecular flexibility index (Phi) is 2.57. The van der Waals surface area contributed by atoms with Gasteiger partial charge in [0.2, 0.25) is 0 Å². The van der Waals surface area contributed by atoms with E-state index in [-0.39, 0.29) is 0 Å². The fraction of sp³-hybridized carbons (Fsp3) is 0.357. The number of fused-ring (bicyclic) bond motifs is 2. The van der Waals surface area contributed by atoms with Gasteiger partial charge < -0.3 is 4.74 Å². The van der Waals surface area contributed by atoms with E-state index in [9.17, 15) is 0 Å². The highest BCUT2D eigenvalue weighted by Crippen LogP contribution is 2.33. The van der Waals surface area contributed by atoms with Crippen molar-refractivity contribution in [1.29, 1.82) is 0 Å². The minimum absolute atomic E-state index is 0.588. The Balaban J connectivity index is 2.40. The molecular formula is C14H14ClNO. The van der Waals surface area contributed by atoms with E-state index >= 15 is 0 Å². The summed E-state index contributed by atoms with van der Waals surface area (Å²) in [6, 6.07) is 4.25. The molecule has 1 aromatic heterocycles. The first-order chi connectivity index (χ1) is 8.16. The molecular weight excluding hydrogens is 234 g/mol. The van der Waals surface area contributed by atoms with Gasteiger partial charge in [0.05, 0.1) is 29.4 Å². The smallest absolute Gasteiger partial charge is 0.0749 e. The Morgan fingerprint density at radius 2 is 2.12 bits per heavy atom. The molecule has 0 saturated carbocycles. The maximum absolute atomic E-state index is 6.50. The maximum Gasteiger partial charge on any atom is 0.0749 e. The van der Waals surface area contributed by atoms with Gasteiger partial charge in [0, 0.05) is 17.4 Å². The minimum atomic E-state index is 0.588. The van der Waals surface area contributed by atoms with Crippen molar-refractivity contribution in [3.8, 4) is 0 Å². The summed E-state index contributed by atoms with van der Waals surface area (Å²) in [6.45, 7) is 5.50. The third kappa shape index (κ3) is 1.72. The van der Waals surface area contributed by atoms with E-state index < -0.39 is 0 Å². The molecule has 0 atom stereocenters. The van der Waals surface area contributed by atoms with E-state index in [1.165, 1.54) is 11.1 Å². The zero-order chi connectivity index (χ0) is 12.0. The Bertz CT molecular complexity index is 607. The molecule has 88 valence electrons. The van der Waals surface area contributed by atoms with Crippen molar-refractivity contribution >= 4 is 22.5 Å². The zero-order valence-electron chi connectivity index (χ0n) is 10.0. The van der Waals surface area contributed by atoms with Gasteiger partial charge in [-0.3, -0.25) is 4.98 Å². The van der Waals surface area contributed by atoms with Gasteiger partial charge in [0.1, 0.15) is 0 Å². The third-order valence-corrected chi connectivity index (χ3v) is 3.69. The third-order valence-electron chi connectivity index (χ3n) is 3.28. The van der Waals surface area contributed by atoms with Crippen molar-refractivity contribution in [2.45, 2.75) is 26.9 Å². The first-order valence-electron chi connectivity index (χ1n) is 5.83. The molecule has 0 unspecified atom stereocenters. The standard InChI is InChI=1S/C14H14ClNO/c1-8-5-9(2)13-12(6-8)16-11-3-4-17-7-10(11)14(13)15/h5-6H,3-4,7H2,1-2H3.